The molecule has 1 saturated heterocycles. The summed E-state index contributed by atoms with van der Waals surface area (Å²) in [4.78, 5) is 43.3. The highest BCUT2D eigenvalue weighted by atomic mass is 16.6. The van der Waals surface area contributed by atoms with Crippen LogP contribution in [-0.4, -0.2) is 65.0 Å². The van der Waals surface area contributed by atoms with Crippen LogP contribution in [0.1, 0.15) is 35.4 Å². The summed E-state index contributed by atoms with van der Waals surface area (Å²) in [7, 11) is 1.32. The van der Waals surface area contributed by atoms with Crippen LogP contribution < -0.4 is 5.32 Å². The molecule has 1 aromatic heterocycles. The van der Waals surface area contributed by atoms with Crippen molar-refractivity contribution in [1.82, 2.24) is 14.8 Å². The lowest BCUT2D eigenvalue weighted by Crippen LogP contribution is -2.37. The second kappa shape index (κ2) is 9.88. The van der Waals surface area contributed by atoms with E-state index in [1.807, 2.05) is 19.1 Å². The third-order valence-electron chi connectivity index (χ3n) is 5.16. The summed E-state index contributed by atoms with van der Waals surface area (Å²) in [5.74, 6) is -0.306. The first-order valence-corrected chi connectivity index (χ1v) is 9.98. The highest BCUT2D eigenvalue weighted by molar-refractivity contribution is 5.95. The number of amides is 2. The zero-order chi connectivity index (χ0) is 22.4. The molecule has 0 spiro atoms. The van der Waals surface area contributed by atoms with Gasteiger partial charge < -0.3 is 19.9 Å². The monoisotopic (exact) mass is 427 g/mol. The van der Waals surface area contributed by atoms with Crippen LogP contribution in [0.15, 0.2) is 42.6 Å². The number of hydrogen-bond donors (Lipinski definition) is 1. The molecule has 0 saturated carbocycles. The van der Waals surface area contributed by atoms with Crippen LogP contribution in [0, 0.1) is 10.1 Å². The summed E-state index contributed by atoms with van der Waals surface area (Å²) in [6, 6.07) is 9.63. The molecule has 0 aliphatic carbocycles. The average Bonchev–Trinajstić information content (AvgIpc) is 3.05. The third-order valence-corrected chi connectivity index (χ3v) is 5.16. The number of methoxy groups -OCH3 is 1. The van der Waals surface area contributed by atoms with Crippen molar-refractivity contribution in [3.05, 3.63) is 64.0 Å². The highest BCUT2D eigenvalue weighted by Crippen LogP contribution is 2.29. The predicted octanol–water partition coefficient (Wildman–Crippen LogP) is 3.08. The molecule has 1 aromatic carbocycles. The lowest BCUT2D eigenvalue weighted by atomic mass is 10.1. The van der Waals surface area contributed by atoms with Gasteiger partial charge in [-0.2, -0.15) is 0 Å². The van der Waals surface area contributed by atoms with Crippen molar-refractivity contribution in [2.45, 2.75) is 19.4 Å². The van der Waals surface area contributed by atoms with E-state index >= 15 is 0 Å². The van der Waals surface area contributed by atoms with Crippen molar-refractivity contribution in [3.63, 3.8) is 0 Å². The van der Waals surface area contributed by atoms with Crippen LogP contribution >= 0.6 is 0 Å². The van der Waals surface area contributed by atoms with Gasteiger partial charge in [-0.3, -0.25) is 19.9 Å². The number of aromatic nitrogens is 1. The summed E-state index contributed by atoms with van der Waals surface area (Å²) < 4.78 is 4.74. The van der Waals surface area contributed by atoms with Gasteiger partial charge in [0.1, 0.15) is 5.69 Å². The summed E-state index contributed by atoms with van der Waals surface area (Å²) in [6.07, 6.45) is 1.83. The van der Waals surface area contributed by atoms with E-state index in [0.29, 0.717) is 38.3 Å². The number of pyridine rings is 1. The Morgan fingerprint density at radius 3 is 2.58 bits per heavy atom. The van der Waals surface area contributed by atoms with E-state index in [-0.39, 0.29) is 23.2 Å². The zero-order valence-corrected chi connectivity index (χ0v) is 17.5. The zero-order valence-electron chi connectivity index (χ0n) is 17.5. The van der Waals surface area contributed by atoms with Crippen LogP contribution in [0.3, 0.4) is 0 Å². The Bertz CT molecular complexity index is 952. The second-order valence-corrected chi connectivity index (χ2v) is 7.21. The Labute approximate surface area is 180 Å². The van der Waals surface area contributed by atoms with Crippen LogP contribution in [0.25, 0.3) is 0 Å². The number of rotatable bonds is 5. The van der Waals surface area contributed by atoms with Crippen LogP contribution in [0.5, 0.6) is 0 Å². The number of hydrogen-bond acceptors (Lipinski definition) is 7. The largest absolute Gasteiger partial charge is 0.453 e. The molecule has 1 unspecified atom stereocenters. The van der Waals surface area contributed by atoms with Crippen molar-refractivity contribution in [2.75, 3.05) is 38.6 Å². The van der Waals surface area contributed by atoms with E-state index < -0.39 is 11.0 Å². The Morgan fingerprint density at radius 2 is 1.90 bits per heavy atom. The Kier molecular flexibility index (Phi) is 7.01. The number of nitro benzene ring substituents is 1. The minimum atomic E-state index is -0.508. The third kappa shape index (κ3) is 5.27. The topological polar surface area (TPSA) is 118 Å². The van der Waals surface area contributed by atoms with Crippen molar-refractivity contribution in [1.29, 1.82) is 0 Å². The van der Waals surface area contributed by atoms with Gasteiger partial charge in [0.2, 0.25) is 0 Å². The summed E-state index contributed by atoms with van der Waals surface area (Å²) in [6.45, 7) is 3.48. The number of nitrogens with one attached hydrogen (secondary N) is 1. The van der Waals surface area contributed by atoms with E-state index in [1.54, 1.807) is 34.2 Å². The number of carbonyl (C=O) groups is 2. The highest BCUT2D eigenvalue weighted by Gasteiger charge is 2.25. The lowest BCUT2D eigenvalue weighted by Gasteiger charge is -2.22. The fourth-order valence-corrected chi connectivity index (χ4v) is 3.49. The van der Waals surface area contributed by atoms with Crippen molar-refractivity contribution >= 4 is 23.4 Å². The molecule has 3 rings (SSSR count). The molecule has 1 N–H and O–H groups in total. The van der Waals surface area contributed by atoms with Gasteiger partial charge >= 0.3 is 6.09 Å². The summed E-state index contributed by atoms with van der Waals surface area (Å²) in [5, 5.41) is 14.8. The standard InChI is InChI=1S/C21H25N5O5/c1-15(17-6-3-4-9-22-17)23-18-8-7-16(14-19(18)26(29)30)20(27)24-10-5-11-25(13-12-24)21(28)31-2/h3-4,6-9,14-15,23H,5,10-13H2,1-2H3. The molecule has 1 aliphatic heterocycles. The van der Waals surface area contributed by atoms with Gasteiger partial charge in [0.05, 0.1) is 23.8 Å². The summed E-state index contributed by atoms with van der Waals surface area (Å²) >= 11 is 0. The maximum absolute atomic E-state index is 13.0. The molecular weight excluding hydrogens is 402 g/mol. The molecule has 1 fully saturated rings. The van der Waals surface area contributed by atoms with Crippen molar-refractivity contribution < 1.29 is 19.2 Å². The number of ether oxygens (including phenoxy) is 1. The SMILES string of the molecule is COC(=O)N1CCCN(C(=O)c2ccc(NC(C)c3ccccn3)c([N+](=O)[O-])c2)CC1. The average molecular weight is 427 g/mol. The fraction of sp³-hybridized carbons (Fsp3) is 0.381. The lowest BCUT2D eigenvalue weighted by molar-refractivity contribution is -0.384. The maximum atomic E-state index is 13.0. The second-order valence-electron chi connectivity index (χ2n) is 7.21. The molecular formula is C21H25N5O5. The maximum Gasteiger partial charge on any atom is 0.409 e. The van der Waals surface area contributed by atoms with Gasteiger partial charge in [-0.1, -0.05) is 6.07 Å². The van der Waals surface area contributed by atoms with Crippen LogP contribution in [-0.2, 0) is 4.74 Å². The first-order valence-electron chi connectivity index (χ1n) is 9.98. The van der Waals surface area contributed by atoms with Gasteiger partial charge in [0.15, 0.2) is 0 Å². The quantitative estimate of drug-likeness (QED) is 0.575. The fourth-order valence-electron chi connectivity index (χ4n) is 3.49. The molecule has 10 nitrogen and oxygen atoms in total. The predicted molar refractivity (Wildman–Crippen MR) is 114 cm³/mol. The normalized spacial score (nSPS) is 15.0. The van der Waals surface area contributed by atoms with E-state index in [1.165, 1.54) is 13.2 Å². The number of benzene rings is 1. The van der Waals surface area contributed by atoms with Crippen LogP contribution in [0.4, 0.5) is 16.2 Å². The first kappa shape index (κ1) is 22.0. The van der Waals surface area contributed by atoms with Gasteiger partial charge in [0.25, 0.3) is 11.6 Å². The first-order chi connectivity index (χ1) is 14.9. The van der Waals surface area contributed by atoms with E-state index in [0.717, 1.165) is 5.69 Å². The Morgan fingerprint density at radius 1 is 1.16 bits per heavy atom. The van der Waals surface area contributed by atoms with Gasteiger partial charge in [-0.25, -0.2) is 4.79 Å². The van der Waals surface area contributed by atoms with Crippen molar-refractivity contribution in [3.8, 4) is 0 Å². The molecule has 0 radical (unpaired) electrons. The number of nitro groups is 1. The molecule has 0 bridgehead atoms. The van der Waals surface area contributed by atoms with E-state index in [4.69, 9.17) is 4.74 Å². The smallest absolute Gasteiger partial charge is 0.409 e. The molecule has 1 atom stereocenters. The molecule has 2 heterocycles. The van der Waals surface area contributed by atoms with E-state index in [2.05, 4.69) is 10.3 Å². The molecule has 2 aromatic rings. The van der Waals surface area contributed by atoms with Crippen molar-refractivity contribution in [2.24, 2.45) is 0 Å². The Balaban J connectivity index is 1.76. The van der Waals surface area contributed by atoms with Gasteiger partial charge in [0, 0.05) is 44.0 Å². The molecule has 1 aliphatic rings. The van der Waals surface area contributed by atoms with Gasteiger partial charge in [-0.15, -0.1) is 0 Å². The minimum absolute atomic E-state index is 0.181. The summed E-state index contributed by atoms with van der Waals surface area (Å²) in [5.41, 5.74) is 1.11. The molecule has 164 valence electrons. The number of anilines is 1. The van der Waals surface area contributed by atoms with Gasteiger partial charge in [-0.05, 0) is 37.6 Å². The van der Waals surface area contributed by atoms with Crippen LogP contribution in [0.2, 0.25) is 0 Å². The number of carbonyl (C=O) groups excluding carboxylic acids is 2. The Hall–Kier alpha value is -3.69. The molecule has 2 amide bonds. The molecule has 31 heavy (non-hydrogen) atoms. The van der Waals surface area contributed by atoms with E-state index in [9.17, 15) is 19.7 Å². The number of nitrogens with zero attached hydrogens (tertiary/aromatic N) is 4. The molecule has 10 heteroatoms. The minimum Gasteiger partial charge on any atom is -0.453 e.